The van der Waals surface area contributed by atoms with Gasteiger partial charge in [0.05, 0.1) is 5.92 Å². The summed E-state index contributed by atoms with van der Waals surface area (Å²) in [6.07, 6.45) is -0.809. The number of amides is 1. The quantitative estimate of drug-likeness (QED) is 0.869. The minimum Gasteiger partial charge on any atom is -0.345 e. The first-order valence-corrected chi connectivity index (χ1v) is 7.36. The van der Waals surface area contributed by atoms with Crippen LogP contribution >= 0.6 is 0 Å². The van der Waals surface area contributed by atoms with E-state index in [2.05, 4.69) is 0 Å². The normalized spacial score (nSPS) is 34.5. The molecule has 116 valence electrons. The molecule has 1 amide bonds. The number of hydrogen-bond donors (Lipinski definition) is 1. The first-order chi connectivity index (χ1) is 9.29. The van der Waals surface area contributed by atoms with Crippen molar-refractivity contribution in [1.29, 1.82) is 0 Å². The molecule has 2 unspecified atom stereocenters. The van der Waals surface area contributed by atoms with Gasteiger partial charge >= 0.3 is 6.18 Å². The summed E-state index contributed by atoms with van der Waals surface area (Å²) in [7, 11) is 1.62. The molecule has 2 aliphatic carbocycles. The maximum absolute atomic E-state index is 13.0. The highest BCUT2D eigenvalue weighted by Gasteiger charge is 2.48. The fourth-order valence-corrected chi connectivity index (χ4v) is 3.51. The van der Waals surface area contributed by atoms with Crippen molar-refractivity contribution in [3.8, 4) is 0 Å². The van der Waals surface area contributed by atoms with Crippen molar-refractivity contribution in [2.75, 3.05) is 13.6 Å². The van der Waals surface area contributed by atoms with Crippen LogP contribution in [0.25, 0.3) is 0 Å². The van der Waals surface area contributed by atoms with E-state index >= 15 is 0 Å². The molecule has 0 bridgehead atoms. The van der Waals surface area contributed by atoms with E-state index in [1.807, 2.05) is 0 Å². The number of rotatable bonds is 3. The Morgan fingerprint density at radius 2 is 1.85 bits per heavy atom. The van der Waals surface area contributed by atoms with E-state index in [9.17, 15) is 18.0 Å². The van der Waals surface area contributed by atoms with Gasteiger partial charge in [-0.3, -0.25) is 4.79 Å². The number of carbonyl (C=O) groups is 1. The zero-order chi connectivity index (χ0) is 14.9. The van der Waals surface area contributed by atoms with Gasteiger partial charge < -0.3 is 10.6 Å². The highest BCUT2D eigenvalue weighted by molar-refractivity contribution is 5.79. The lowest BCUT2D eigenvalue weighted by Crippen LogP contribution is -2.47. The smallest absolute Gasteiger partial charge is 0.345 e. The van der Waals surface area contributed by atoms with Crippen LogP contribution in [0.5, 0.6) is 0 Å². The Kier molecular flexibility index (Phi) is 4.62. The lowest BCUT2D eigenvalue weighted by molar-refractivity contribution is -0.200. The number of carbonyl (C=O) groups excluding carboxylic acids is 1. The molecule has 20 heavy (non-hydrogen) atoms. The monoisotopic (exact) mass is 292 g/mol. The van der Waals surface area contributed by atoms with Crippen molar-refractivity contribution in [3.05, 3.63) is 0 Å². The van der Waals surface area contributed by atoms with Gasteiger partial charge in [-0.2, -0.15) is 13.2 Å². The van der Waals surface area contributed by atoms with Crippen LogP contribution in [0.3, 0.4) is 0 Å². The van der Waals surface area contributed by atoms with Crippen molar-refractivity contribution in [2.24, 2.45) is 23.5 Å². The van der Waals surface area contributed by atoms with Gasteiger partial charge in [-0.1, -0.05) is 12.8 Å². The standard InChI is InChI=1S/C14H23F3N2O/c1-19(8-9-6-10(18)7-9)13(20)11-4-2-3-5-12(11)14(15,16)17/h9-12H,2-8,18H2,1H3. The second-order valence-electron chi connectivity index (χ2n) is 6.36. The summed E-state index contributed by atoms with van der Waals surface area (Å²) in [6, 6.07) is 0.195. The molecule has 0 spiro atoms. The summed E-state index contributed by atoms with van der Waals surface area (Å²) >= 11 is 0. The van der Waals surface area contributed by atoms with E-state index in [1.54, 1.807) is 7.05 Å². The summed E-state index contributed by atoms with van der Waals surface area (Å²) in [5.41, 5.74) is 5.69. The molecule has 0 saturated heterocycles. The zero-order valence-corrected chi connectivity index (χ0v) is 11.8. The summed E-state index contributed by atoms with van der Waals surface area (Å²) in [5, 5.41) is 0. The summed E-state index contributed by atoms with van der Waals surface area (Å²) < 4.78 is 39.1. The molecule has 0 heterocycles. The molecule has 6 heteroatoms. The molecule has 3 nitrogen and oxygen atoms in total. The Morgan fingerprint density at radius 3 is 2.40 bits per heavy atom. The van der Waals surface area contributed by atoms with E-state index < -0.39 is 18.0 Å². The van der Waals surface area contributed by atoms with Crippen LogP contribution < -0.4 is 5.73 Å². The number of nitrogens with zero attached hydrogens (tertiary/aromatic N) is 1. The molecule has 0 aromatic heterocycles. The molecule has 0 aromatic carbocycles. The van der Waals surface area contributed by atoms with Gasteiger partial charge in [-0.05, 0) is 31.6 Å². The van der Waals surface area contributed by atoms with E-state index in [-0.39, 0.29) is 18.4 Å². The number of alkyl halides is 3. The Labute approximate surface area is 117 Å². The Balaban J connectivity index is 1.94. The van der Waals surface area contributed by atoms with Crippen LogP contribution in [0.1, 0.15) is 38.5 Å². The van der Waals surface area contributed by atoms with Crippen molar-refractivity contribution < 1.29 is 18.0 Å². The molecular weight excluding hydrogens is 269 g/mol. The van der Waals surface area contributed by atoms with Gasteiger partial charge in [0.1, 0.15) is 0 Å². The maximum Gasteiger partial charge on any atom is 0.392 e. The van der Waals surface area contributed by atoms with Crippen molar-refractivity contribution in [3.63, 3.8) is 0 Å². The van der Waals surface area contributed by atoms with Gasteiger partial charge in [0, 0.05) is 25.6 Å². The van der Waals surface area contributed by atoms with E-state index in [4.69, 9.17) is 5.73 Å². The number of hydrogen-bond acceptors (Lipinski definition) is 2. The topological polar surface area (TPSA) is 46.3 Å². The second-order valence-corrected chi connectivity index (χ2v) is 6.36. The summed E-state index contributed by atoms with van der Waals surface area (Å²) in [6.45, 7) is 0.535. The Morgan fingerprint density at radius 1 is 1.25 bits per heavy atom. The third-order valence-corrected chi connectivity index (χ3v) is 4.68. The van der Waals surface area contributed by atoms with Crippen LogP contribution in [-0.4, -0.2) is 36.6 Å². The minimum atomic E-state index is -4.26. The zero-order valence-electron chi connectivity index (χ0n) is 11.8. The molecule has 2 rings (SSSR count). The molecular formula is C14H23F3N2O. The molecule has 2 fully saturated rings. The van der Waals surface area contributed by atoms with Crippen molar-refractivity contribution >= 4 is 5.91 Å². The highest BCUT2D eigenvalue weighted by Crippen LogP contribution is 2.42. The number of halogens is 3. The lowest BCUT2D eigenvalue weighted by Gasteiger charge is -2.38. The van der Waals surface area contributed by atoms with Crippen LogP contribution in [0.4, 0.5) is 13.2 Å². The van der Waals surface area contributed by atoms with Gasteiger partial charge in [0.25, 0.3) is 0 Å². The molecule has 2 aliphatic rings. The van der Waals surface area contributed by atoms with Crippen molar-refractivity contribution in [1.82, 2.24) is 4.90 Å². The molecule has 2 saturated carbocycles. The Bertz CT molecular complexity index is 353. The van der Waals surface area contributed by atoms with Crippen LogP contribution in [0.2, 0.25) is 0 Å². The largest absolute Gasteiger partial charge is 0.392 e. The average molecular weight is 292 g/mol. The predicted molar refractivity (Wildman–Crippen MR) is 69.8 cm³/mol. The maximum atomic E-state index is 13.0. The highest BCUT2D eigenvalue weighted by atomic mass is 19.4. The molecule has 2 N–H and O–H groups in total. The summed E-state index contributed by atoms with van der Waals surface area (Å²) in [4.78, 5) is 13.8. The van der Waals surface area contributed by atoms with Crippen LogP contribution in [-0.2, 0) is 4.79 Å². The molecule has 2 atom stereocenters. The first kappa shape index (κ1) is 15.6. The first-order valence-electron chi connectivity index (χ1n) is 7.36. The van der Waals surface area contributed by atoms with E-state index in [0.29, 0.717) is 31.7 Å². The van der Waals surface area contributed by atoms with E-state index in [1.165, 1.54) is 4.90 Å². The summed E-state index contributed by atoms with van der Waals surface area (Å²) in [5.74, 6) is -2.34. The van der Waals surface area contributed by atoms with Gasteiger partial charge in [0.15, 0.2) is 0 Å². The fourth-order valence-electron chi connectivity index (χ4n) is 3.51. The molecule has 0 radical (unpaired) electrons. The second kappa shape index (κ2) is 5.92. The van der Waals surface area contributed by atoms with Crippen LogP contribution in [0, 0.1) is 17.8 Å². The molecule has 0 aliphatic heterocycles. The third-order valence-electron chi connectivity index (χ3n) is 4.68. The fraction of sp³-hybridized carbons (Fsp3) is 0.929. The van der Waals surface area contributed by atoms with Gasteiger partial charge in [0.2, 0.25) is 5.91 Å². The van der Waals surface area contributed by atoms with Crippen LogP contribution in [0.15, 0.2) is 0 Å². The molecule has 0 aromatic rings. The minimum absolute atomic E-state index is 0.0854. The van der Waals surface area contributed by atoms with Crippen molar-refractivity contribution in [2.45, 2.75) is 50.7 Å². The SMILES string of the molecule is CN(CC1CC(N)C1)C(=O)C1CCCCC1C(F)(F)F. The average Bonchev–Trinajstić information content (AvgIpc) is 2.35. The Hall–Kier alpha value is -0.780. The lowest BCUT2D eigenvalue weighted by atomic mass is 9.77. The number of nitrogens with two attached hydrogens (primary N) is 1. The van der Waals surface area contributed by atoms with Gasteiger partial charge in [-0.25, -0.2) is 0 Å². The van der Waals surface area contributed by atoms with Gasteiger partial charge in [-0.15, -0.1) is 0 Å². The van der Waals surface area contributed by atoms with E-state index in [0.717, 1.165) is 12.8 Å². The predicted octanol–water partition coefficient (Wildman–Crippen LogP) is 2.55. The third kappa shape index (κ3) is 3.45.